The first-order valence-corrected chi connectivity index (χ1v) is 12.0. The summed E-state index contributed by atoms with van der Waals surface area (Å²) in [4.78, 5) is 25.3. The minimum Gasteiger partial charge on any atom is -0.478 e. The summed E-state index contributed by atoms with van der Waals surface area (Å²) >= 11 is 3.42. The summed E-state index contributed by atoms with van der Waals surface area (Å²) in [6.45, 7) is 1.09. The van der Waals surface area contributed by atoms with Gasteiger partial charge < -0.3 is 9.84 Å². The molecule has 0 radical (unpaired) electrons. The molecule has 2 heterocycles. The number of hydrogen-bond donors (Lipinski definition) is 1. The molecule has 10 heteroatoms. The van der Waals surface area contributed by atoms with Crippen LogP contribution in [0.15, 0.2) is 57.9 Å². The van der Waals surface area contributed by atoms with E-state index in [9.17, 15) is 23.1 Å². The lowest BCUT2D eigenvalue weighted by Crippen LogP contribution is -2.48. The third-order valence-electron chi connectivity index (χ3n) is 5.67. The van der Waals surface area contributed by atoms with E-state index in [4.69, 9.17) is 4.74 Å². The van der Waals surface area contributed by atoms with Crippen molar-refractivity contribution in [3.8, 4) is 0 Å². The predicted molar refractivity (Wildman–Crippen MR) is 115 cm³/mol. The second-order valence-corrected chi connectivity index (χ2v) is 10.6. The Morgan fingerprint density at radius 1 is 1.13 bits per heavy atom. The number of aromatic carboxylic acids is 1. The highest BCUT2D eigenvalue weighted by atomic mass is 79.9. The normalized spacial score (nSPS) is 18.9. The molecule has 2 aliphatic rings. The zero-order chi connectivity index (χ0) is 22.2. The van der Waals surface area contributed by atoms with Gasteiger partial charge in [0.25, 0.3) is 0 Å². The van der Waals surface area contributed by atoms with Crippen molar-refractivity contribution in [2.75, 3.05) is 19.6 Å². The molecule has 2 aliphatic heterocycles. The van der Waals surface area contributed by atoms with Gasteiger partial charge in [0, 0.05) is 36.9 Å². The first-order valence-electron chi connectivity index (χ1n) is 9.75. The summed E-state index contributed by atoms with van der Waals surface area (Å²) in [7, 11) is -3.97. The maximum absolute atomic E-state index is 13.1. The van der Waals surface area contributed by atoms with E-state index in [0.717, 1.165) is 10.0 Å². The van der Waals surface area contributed by atoms with Crippen molar-refractivity contribution in [3.05, 3.63) is 64.1 Å². The number of carboxylic acid groups (broad SMARTS) is 1. The Bertz CT molecular complexity index is 1130. The number of nitrogens with zero attached hydrogens (tertiary/aromatic N) is 2. The van der Waals surface area contributed by atoms with Crippen molar-refractivity contribution < 1.29 is 27.9 Å². The smallest absolute Gasteiger partial charge is 0.410 e. The van der Waals surface area contributed by atoms with Crippen LogP contribution >= 0.6 is 15.9 Å². The highest BCUT2D eigenvalue weighted by Gasteiger charge is 2.48. The third-order valence-corrected chi connectivity index (χ3v) is 8.12. The molecule has 2 aromatic rings. The Morgan fingerprint density at radius 3 is 2.52 bits per heavy atom. The number of sulfonamides is 1. The average Bonchev–Trinajstić information content (AvgIpc) is 3.02. The number of halogens is 1. The summed E-state index contributed by atoms with van der Waals surface area (Å²) in [5.41, 5.74) is -0.0227. The quantitative estimate of drug-likeness (QED) is 0.664. The van der Waals surface area contributed by atoms with Gasteiger partial charge in [0.05, 0.1) is 17.0 Å². The number of carbonyl (C=O) groups is 2. The Hall–Kier alpha value is -2.43. The highest BCUT2D eigenvalue weighted by molar-refractivity contribution is 9.10. The van der Waals surface area contributed by atoms with Gasteiger partial charge in [-0.05, 0) is 29.8 Å². The Balaban J connectivity index is 1.46. The second kappa shape index (κ2) is 8.25. The molecule has 2 fully saturated rings. The topological polar surface area (TPSA) is 104 Å². The van der Waals surface area contributed by atoms with Gasteiger partial charge in [-0.15, -0.1) is 0 Å². The van der Waals surface area contributed by atoms with Crippen LogP contribution in [0.2, 0.25) is 0 Å². The van der Waals surface area contributed by atoms with E-state index < -0.39 is 27.7 Å². The minimum atomic E-state index is -3.97. The molecule has 0 bridgehead atoms. The number of rotatable bonds is 5. The number of carboxylic acids is 1. The number of amides is 1. The molecule has 0 aliphatic carbocycles. The fraction of sp³-hybridized carbons (Fsp3) is 0.333. The van der Waals surface area contributed by atoms with E-state index >= 15 is 0 Å². The standard InChI is InChI=1S/C21H21BrN2O6S/c22-16-5-3-4-15(12-16)13-23-14-21(30-20(23)27)8-10-24(11-9-21)31(28,29)18-7-2-1-6-17(18)19(25)26/h1-7,12H,8-11,13-14H2,(H,25,26). The van der Waals surface area contributed by atoms with Gasteiger partial charge in [0.1, 0.15) is 5.60 Å². The molecule has 0 aromatic heterocycles. The molecule has 1 spiro atoms. The first kappa shape index (κ1) is 21.8. The average molecular weight is 509 g/mol. The zero-order valence-electron chi connectivity index (χ0n) is 16.5. The molecule has 31 heavy (non-hydrogen) atoms. The second-order valence-electron chi connectivity index (χ2n) is 7.74. The first-order chi connectivity index (χ1) is 14.7. The van der Waals surface area contributed by atoms with Crippen LogP contribution in [0.3, 0.4) is 0 Å². The minimum absolute atomic E-state index is 0.147. The van der Waals surface area contributed by atoms with E-state index in [0.29, 0.717) is 25.9 Å². The van der Waals surface area contributed by atoms with Crippen molar-refractivity contribution >= 4 is 38.0 Å². The summed E-state index contributed by atoms with van der Waals surface area (Å²) < 4.78 is 34.0. The molecule has 0 atom stereocenters. The van der Waals surface area contributed by atoms with E-state index in [1.54, 1.807) is 4.90 Å². The monoisotopic (exact) mass is 508 g/mol. The molecule has 0 unspecified atom stereocenters. The molecular weight excluding hydrogens is 488 g/mol. The fourth-order valence-corrected chi connectivity index (χ4v) is 6.14. The van der Waals surface area contributed by atoms with Gasteiger partial charge in [0.15, 0.2) is 0 Å². The predicted octanol–water partition coefficient (Wildman–Crippen LogP) is 3.32. The third kappa shape index (κ3) is 4.32. The number of ether oxygens (including phenoxy) is 1. The fourth-order valence-electron chi connectivity index (χ4n) is 4.07. The van der Waals surface area contributed by atoms with Gasteiger partial charge in [-0.1, -0.05) is 40.2 Å². The number of piperidine rings is 1. The Labute approximate surface area is 188 Å². The van der Waals surface area contributed by atoms with Crippen molar-refractivity contribution in [3.63, 3.8) is 0 Å². The number of hydrogen-bond acceptors (Lipinski definition) is 5. The SMILES string of the molecule is O=C(O)c1ccccc1S(=O)(=O)N1CCC2(CC1)CN(Cc1cccc(Br)c1)C(=O)O2. The molecule has 4 rings (SSSR count). The largest absolute Gasteiger partial charge is 0.478 e. The van der Waals surface area contributed by atoms with Gasteiger partial charge in [0.2, 0.25) is 10.0 Å². The maximum atomic E-state index is 13.1. The van der Waals surface area contributed by atoms with Crippen LogP contribution in [0.25, 0.3) is 0 Å². The molecule has 1 N–H and O–H groups in total. The van der Waals surface area contributed by atoms with E-state index in [2.05, 4.69) is 15.9 Å². The molecule has 2 saturated heterocycles. The summed E-state index contributed by atoms with van der Waals surface area (Å²) in [6.07, 6.45) is 0.289. The van der Waals surface area contributed by atoms with Gasteiger partial charge >= 0.3 is 12.1 Å². The lowest BCUT2D eigenvalue weighted by atomic mass is 9.92. The molecule has 2 aromatic carbocycles. The van der Waals surface area contributed by atoms with Crippen LogP contribution in [0.5, 0.6) is 0 Å². The summed E-state index contributed by atoms with van der Waals surface area (Å²) in [5, 5.41) is 9.34. The van der Waals surface area contributed by atoms with Crippen LogP contribution < -0.4 is 0 Å². The lowest BCUT2D eigenvalue weighted by molar-refractivity contribution is 0.0171. The highest BCUT2D eigenvalue weighted by Crippen LogP contribution is 2.36. The molecule has 164 valence electrons. The molecule has 1 amide bonds. The van der Waals surface area contributed by atoms with Crippen molar-refractivity contribution in [2.45, 2.75) is 29.9 Å². The van der Waals surface area contributed by atoms with Crippen molar-refractivity contribution in [1.82, 2.24) is 9.21 Å². The van der Waals surface area contributed by atoms with Crippen LogP contribution in [0.4, 0.5) is 4.79 Å². The number of benzene rings is 2. The molecular formula is C21H21BrN2O6S. The van der Waals surface area contributed by atoms with E-state index in [1.165, 1.54) is 28.6 Å². The lowest BCUT2D eigenvalue weighted by Gasteiger charge is -2.36. The van der Waals surface area contributed by atoms with Crippen LogP contribution in [0.1, 0.15) is 28.8 Å². The Kier molecular flexibility index (Phi) is 5.80. The Morgan fingerprint density at radius 2 is 1.84 bits per heavy atom. The molecule has 8 nitrogen and oxygen atoms in total. The van der Waals surface area contributed by atoms with Crippen molar-refractivity contribution in [1.29, 1.82) is 0 Å². The van der Waals surface area contributed by atoms with E-state index in [1.807, 2.05) is 24.3 Å². The van der Waals surface area contributed by atoms with Gasteiger partial charge in [-0.3, -0.25) is 4.90 Å². The summed E-state index contributed by atoms with van der Waals surface area (Å²) in [6, 6.07) is 13.2. The van der Waals surface area contributed by atoms with Crippen molar-refractivity contribution in [2.24, 2.45) is 0 Å². The number of carbonyl (C=O) groups excluding carboxylic acids is 1. The van der Waals surface area contributed by atoms with Crippen LogP contribution in [-0.4, -0.2) is 60.0 Å². The summed E-state index contributed by atoms with van der Waals surface area (Å²) in [5.74, 6) is -1.29. The van der Waals surface area contributed by atoms with Crippen LogP contribution in [-0.2, 0) is 21.3 Å². The van der Waals surface area contributed by atoms with Gasteiger partial charge in [-0.2, -0.15) is 4.31 Å². The van der Waals surface area contributed by atoms with E-state index in [-0.39, 0.29) is 23.5 Å². The molecule has 0 saturated carbocycles. The van der Waals surface area contributed by atoms with Gasteiger partial charge in [-0.25, -0.2) is 18.0 Å². The zero-order valence-corrected chi connectivity index (χ0v) is 18.9. The maximum Gasteiger partial charge on any atom is 0.410 e. The van der Waals surface area contributed by atoms with Crippen LogP contribution in [0, 0.1) is 0 Å².